The highest BCUT2D eigenvalue weighted by Crippen LogP contribution is 2.23. The predicted molar refractivity (Wildman–Crippen MR) is 153 cm³/mol. The van der Waals surface area contributed by atoms with Gasteiger partial charge in [-0.05, 0) is 29.2 Å². The Morgan fingerprint density at radius 3 is 1.78 bits per heavy atom. The van der Waals surface area contributed by atoms with E-state index in [1.54, 1.807) is 6.07 Å². The molecule has 36 heavy (non-hydrogen) atoms. The van der Waals surface area contributed by atoms with Crippen molar-refractivity contribution in [1.82, 2.24) is 10.6 Å². The summed E-state index contributed by atoms with van der Waals surface area (Å²) in [5, 5.41) is 5.54. The summed E-state index contributed by atoms with van der Waals surface area (Å²) in [5.41, 5.74) is 3.54. The number of carbonyl (C=O) groups excluding carboxylic acids is 2. The maximum atomic E-state index is 12.5. The number of hydrogen-bond donors (Lipinski definition) is 2. The summed E-state index contributed by atoms with van der Waals surface area (Å²) in [7, 11) is 0. The Hall–Kier alpha value is -3.40. The second-order valence-corrected chi connectivity index (χ2v) is 8.59. The first kappa shape index (κ1) is 30.6. The van der Waals surface area contributed by atoms with Gasteiger partial charge in [-0.15, -0.1) is 0 Å². The molecule has 0 aromatic heterocycles. The molecule has 4 nitrogen and oxygen atoms in total. The fraction of sp³-hybridized carbons (Fsp3) is 0.375. The van der Waals surface area contributed by atoms with Crippen LogP contribution in [0.1, 0.15) is 75.7 Å². The lowest BCUT2D eigenvalue weighted by Gasteiger charge is -2.11. The van der Waals surface area contributed by atoms with Crippen LogP contribution >= 0.6 is 0 Å². The Kier molecular flexibility index (Phi) is 16.9. The fourth-order valence-corrected chi connectivity index (χ4v) is 3.36. The minimum absolute atomic E-state index is 0.0449. The molecule has 0 spiro atoms. The Morgan fingerprint density at radius 1 is 0.667 bits per heavy atom. The third kappa shape index (κ3) is 12.9. The molecular formula is C32H44N2O2. The van der Waals surface area contributed by atoms with E-state index in [9.17, 15) is 9.59 Å². The molecule has 0 aliphatic rings. The lowest BCUT2D eigenvalue weighted by Crippen LogP contribution is -2.37. The van der Waals surface area contributed by atoms with E-state index >= 15 is 0 Å². The van der Waals surface area contributed by atoms with Crippen LogP contribution in [0.25, 0.3) is 11.1 Å². The molecule has 0 atom stereocenters. The van der Waals surface area contributed by atoms with Crippen molar-refractivity contribution in [3.05, 3.63) is 96.1 Å². The van der Waals surface area contributed by atoms with Gasteiger partial charge < -0.3 is 10.6 Å². The average molecular weight is 489 g/mol. The maximum absolute atomic E-state index is 12.5. The zero-order valence-electron chi connectivity index (χ0n) is 22.6. The first-order valence-corrected chi connectivity index (χ1v) is 13.3. The zero-order chi connectivity index (χ0) is 26.4. The molecule has 0 saturated carbocycles. The highest BCUT2D eigenvalue weighted by molar-refractivity contribution is 6.02. The van der Waals surface area contributed by atoms with Gasteiger partial charge in [0.2, 0.25) is 5.91 Å². The van der Waals surface area contributed by atoms with Crippen LogP contribution in [-0.4, -0.2) is 24.9 Å². The van der Waals surface area contributed by atoms with E-state index in [-0.39, 0.29) is 18.4 Å². The second kappa shape index (κ2) is 19.9. The third-order valence-corrected chi connectivity index (χ3v) is 5.20. The number of hydrogen-bond acceptors (Lipinski definition) is 2. The van der Waals surface area contributed by atoms with Gasteiger partial charge >= 0.3 is 0 Å². The maximum Gasteiger partial charge on any atom is 0.252 e. The van der Waals surface area contributed by atoms with Gasteiger partial charge in [0.25, 0.3) is 5.91 Å². The smallest absolute Gasteiger partial charge is 0.252 e. The van der Waals surface area contributed by atoms with E-state index in [4.69, 9.17) is 0 Å². The lowest BCUT2D eigenvalue weighted by molar-refractivity contribution is -0.120. The molecule has 0 saturated heterocycles. The van der Waals surface area contributed by atoms with Crippen LogP contribution in [0.2, 0.25) is 0 Å². The molecule has 0 radical (unpaired) electrons. The normalized spacial score (nSPS) is 9.67. The number of rotatable bonds is 10. The second-order valence-electron chi connectivity index (χ2n) is 8.59. The highest BCUT2D eigenvalue weighted by atomic mass is 16.2. The van der Waals surface area contributed by atoms with E-state index in [0.29, 0.717) is 12.1 Å². The fourth-order valence-electron chi connectivity index (χ4n) is 3.36. The molecule has 2 amide bonds. The molecule has 194 valence electrons. The first-order valence-electron chi connectivity index (χ1n) is 13.3. The van der Waals surface area contributed by atoms with Crippen molar-refractivity contribution in [2.75, 3.05) is 13.1 Å². The van der Waals surface area contributed by atoms with Gasteiger partial charge in [0.15, 0.2) is 0 Å². The quantitative estimate of drug-likeness (QED) is 0.291. The summed E-state index contributed by atoms with van der Waals surface area (Å²) >= 11 is 0. The number of nitrogens with one attached hydrogen (secondary N) is 2. The van der Waals surface area contributed by atoms with Crippen LogP contribution in [0.4, 0.5) is 0 Å². The summed E-state index contributed by atoms with van der Waals surface area (Å²) in [6.07, 6.45) is 7.55. The van der Waals surface area contributed by atoms with Gasteiger partial charge in [0, 0.05) is 12.1 Å². The van der Waals surface area contributed by atoms with Gasteiger partial charge in [-0.3, -0.25) is 9.59 Å². The van der Waals surface area contributed by atoms with Crippen molar-refractivity contribution < 1.29 is 9.59 Å². The van der Waals surface area contributed by atoms with E-state index < -0.39 is 0 Å². The zero-order valence-corrected chi connectivity index (χ0v) is 22.6. The molecule has 3 rings (SSSR count). The van der Waals surface area contributed by atoms with E-state index in [1.165, 1.54) is 37.7 Å². The van der Waals surface area contributed by atoms with Crippen LogP contribution < -0.4 is 10.6 Å². The van der Waals surface area contributed by atoms with E-state index in [0.717, 1.165) is 17.5 Å². The summed E-state index contributed by atoms with van der Waals surface area (Å²) in [5.74, 6) is -0.455. The number of benzene rings is 3. The van der Waals surface area contributed by atoms with Gasteiger partial charge in [-0.2, -0.15) is 0 Å². The van der Waals surface area contributed by atoms with Crippen molar-refractivity contribution in [2.45, 2.75) is 66.2 Å². The number of amides is 2. The van der Waals surface area contributed by atoms with Crippen molar-refractivity contribution in [2.24, 2.45) is 0 Å². The topological polar surface area (TPSA) is 58.2 Å². The monoisotopic (exact) mass is 488 g/mol. The third-order valence-electron chi connectivity index (χ3n) is 5.20. The molecular weight excluding hydrogens is 444 g/mol. The Balaban J connectivity index is 0.000000621. The number of unbranched alkanes of at least 4 members (excludes halogenated alkanes) is 3. The van der Waals surface area contributed by atoms with Crippen LogP contribution in [0, 0.1) is 0 Å². The van der Waals surface area contributed by atoms with Crippen molar-refractivity contribution in [3.63, 3.8) is 0 Å². The molecule has 4 heteroatoms. The van der Waals surface area contributed by atoms with Gasteiger partial charge in [-0.1, -0.05) is 139 Å². The number of carbonyl (C=O) groups is 2. The predicted octanol–water partition coefficient (Wildman–Crippen LogP) is 7.45. The first-order chi connectivity index (χ1) is 17.6. The SMILES string of the molecule is CCC.CCCCCC.O=C(CNC(=O)c1ccccc1-c1ccccc1)NCCc1ccccc1. The van der Waals surface area contributed by atoms with Crippen LogP contribution in [-0.2, 0) is 11.2 Å². The van der Waals surface area contributed by atoms with Gasteiger partial charge in [0.05, 0.1) is 6.54 Å². The largest absolute Gasteiger partial charge is 0.354 e. The van der Waals surface area contributed by atoms with Crippen LogP contribution in [0.15, 0.2) is 84.9 Å². The van der Waals surface area contributed by atoms with Gasteiger partial charge in [0.1, 0.15) is 0 Å². The standard InChI is InChI=1S/C23H22N2O2.C6H14.C3H8/c26-22(24-16-15-18-9-3-1-4-10-18)17-25-23(27)21-14-8-7-13-20(21)19-11-5-2-6-12-19;1-3-5-6-4-2;1-3-2/h1-14H,15-17H2,(H,24,26)(H,25,27);3-6H2,1-2H3;3H2,1-2H3. The van der Waals surface area contributed by atoms with E-state index in [2.05, 4.69) is 38.3 Å². The Morgan fingerprint density at radius 2 is 1.19 bits per heavy atom. The summed E-state index contributed by atoms with van der Waals surface area (Å²) in [6, 6.07) is 27.1. The molecule has 0 bridgehead atoms. The minimum Gasteiger partial charge on any atom is -0.354 e. The van der Waals surface area contributed by atoms with Crippen LogP contribution in [0.5, 0.6) is 0 Å². The summed E-state index contributed by atoms with van der Waals surface area (Å²) in [4.78, 5) is 24.5. The molecule has 3 aromatic carbocycles. The molecule has 3 aromatic rings. The molecule has 0 aliphatic carbocycles. The van der Waals surface area contributed by atoms with Crippen molar-refractivity contribution in [1.29, 1.82) is 0 Å². The van der Waals surface area contributed by atoms with Gasteiger partial charge in [-0.25, -0.2) is 0 Å². The Bertz CT molecular complexity index is 968. The van der Waals surface area contributed by atoms with Crippen LogP contribution in [0.3, 0.4) is 0 Å². The average Bonchev–Trinajstić information content (AvgIpc) is 2.92. The van der Waals surface area contributed by atoms with Crippen molar-refractivity contribution >= 4 is 11.8 Å². The van der Waals surface area contributed by atoms with Crippen molar-refractivity contribution in [3.8, 4) is 11.1 Å². The summed E-state index contributed by atoms with van der Waals surface area (Å²) < 4.78 is 0. The molecule has 2 N–H and O–H groups in total. The molecule has 0 heterocycles. The Labute approximate surface area is 218 Å². The molecule has 0 unspecified atom stereocenters. The lowest BCUT2D eigenvalue weighted by atomic mass is 9.99. The summed E-state index contributed by atoms with van der Waals surface area (Å²) in [6.45, 7) is 9.21. The highest BCUT2D eigenvalue weighted by Gasteiger charge is 2.13. The molecule has 0 aliphatic heterocycles. The molecule has 0 fully saturated rings. The minimum atomic E-state index is -0.257. The van der Waals surface area contributed by atoms with E-state index in [1.807, 2.05) is 78.9 Å².